The van der Waals surface area contributed by atoms with Crippen LogP contribution in [-0.2, 0) is 0 Å². The number of nitrogens with one attached hydrogen (secondary N) is 3. The van der Waals surface area contributed by atoms with Gasteiger partial charge in [-0.25, -0.2) is 0 Å². The van der Waals surface area contributed by atoms with Crippen molar-refractivity contribution in [3.63, 3.8) is 0 Å². The van der Waals surface area contributed by atoms with Gasteiger partial charge in [-0.3, -0.25) is 0 Å². The van der Waals surface area contributed by atoms with Crippen LogP contribution in [0.3, 0.4) is 0 Å². The molecule has 2 aliphatic carbocycles. The molecule has 1 saturated heterocycles. The van der Waals surface area contributed by atoms with Crippen LogP contribution in [0.1, 0.15) is 6.42 Å². The van der Waals surface area contributed by atoms with E-state index in [1.165, 1.54) is 6.42 Å². The normalized spacial score (nSPS) is 54.2. The van der Waals surface area contributed by atoms with E-state index in [0.717, 1.165) is 12.0 Å². The summed E-state index contributed by atoms with van der Waals surface area (Å²) in [5.41, 5.74) is 6.98. The van der Waals surface area contributed by atoms with E-state index in [9.17, 15) is 0 Å². The fourth-order valence-electron chi connectivity index (χ4n) is 2.52. The van der Waals surface area contributed by atoms with Gasteiger partial charge in [-0.1, -0.05) is 0 Å². The Morgan fingerprint density at radius 1 is 1.67 bits per heavy atom. The zero-order valence-corrected chi connectivity index (χ0v) is 10.7. The fourth-order valence-corrected chi connectivity index (χ4v) is 5.49. The van der Waals surface area contributed by atoms with Crippen molar-refractivity contribution in [3.8, 4) is 0 Å². The maximum atomic E-state index is 3.64. The molecule has 0 radical (unpaired) electrons. The topological polar surface area (TPSA) is 36.1 Å². The molecule has 0 aromatic heterocycles. The first kappa shape index (κ1) is 8.39. The summed E-state index contributed by atoms with van der Waals surface area (Å²) in [5.74, 6) is 0.748. The molecule has 2 fully saturated rings. The van der Waals surface area contributed by atoms with Crippen LogP contribution in [0, 0.1) is 5.92 Å². The molecule has 1 aliphatic heterocycles. The maximum absolute atomic E-state index is 3.64. The average molecular weight is 390 g/mol. The molecule has 0 bridgehead atoms. The van der Waals surface area contributed by atoms with Crippen LogP contribution in [0.5, 0.6) is 0 Å². The van der Waals surface area contributed by atoms with E-state index in [0.29, 0.717) is 11.6 Å². The molecule has 5 heteroatoms. The molecule has 3 rings (SSSR count). The Morgan fingerprint density at radius 2 is 2.58 bits per heavy atom. The van der Waals surface area contributed by atoms with Gasteiger partial charge in [-0.05, 0) is 0 Å². The molecule has 4 unspecified atom stereocenters. The summed E-state index contributed by atoms with van der Waals surface area (Å²) in [6.45, 7) is 0. The summed E-state index contributed by atoms with van der Waals surface area (Å²) in [4.78, 5) is 0. The third kappa shape index (κ3) is 0.865. The van der Waals surface area contributed by atoms with Gasteiger partial charge in [-0.15, -0.1) is 0 Å². The first-order valence-electron chi connectivity index (χ1n) is 4.09. The summed E-state index contributed by atoms with van der Waals surface area (Å²) in [5, 5.41) is 0. The Bertz CT molecular complexity index is 245. The second-order valence-electron chi connectivity index (χ2n) is 3.66. The van der Waals surface area contributed by atoms with Crippen LogP contribution in [-0.4, -0.2) is 17.6 Å². The molecule has 4 atom stereocenters. The van der Waals surface area contributed by atoms with E-state index in [2.05, 4.69) is 45.1 Å². The monoisotopic (exact) mass is 390 g/mol. The van der Waals surface area contributed by atoms with Gasteiger partial charge in [0.15, 0.2) is 0 Å². The van der Waals surface area contributed by atoms with Crippen molar-refractivity contribution < 1.29 is 17.5 Å². The Hall–Kier alpha value is 1.08. The number of hydrogen-bond acceptors (Lipinski definition) is 3. The van der Waals surface area contributed by atoms with Crippen LogP contribution in [0.15, 0.2) is 12.2 Å². The average Bonchev–Trinajstić information content (AvgIpc) is 2.07. The van der Waals surface area contributed by atoms with Gasteiger partial charge >= 0.3 is 92.6 Å². The minimum absolute atomic E-state index is 0.198. The molecule has 12 heavy (non-hydrogen) atoms. The van der Waals surface area contributed by atoms with E-state index in [-0.39, 0.29) is 17.5 Å². The first-order chi connectivity index (χ1) is 5.87. The van der Waals surface area contributed by atoms with Gasteiger partial charge in [0.05, 0.1) is 0 Å². The van der Waals surface area contributed by atoms with Crippen molar-refractivity contribution in [1.29, 1.82) is 0 Å². The predicted molar refractivity (Wildman–Crippen MR) is 51.0 cm³/mol. The number of hydrogen-bond donors (Lipinski definition) is 3. The van der Waals surface area contributed by atoms with E-state index >= 15 is 0 Å². The number of halogens is 2. The van der Waals surface area contributed by atoms with Crippen molar-refractivity contribution in [2.24, 2.45) is 5.92 Å². The first-order valence-corrected chi connectivity index (χ1v) is 11.5. The number of hydrazine groups is 1. The van der Waals surface area contributed by atoms with Crippen molar-refractivity contribution in [2.45, 2.75) is 24.0 Å². The van der Waals surface area contributed by atoms with Crippen molar-refractivity contribution >= 4 is 18.6 Å². The van der Waals surface area contributed by atoms with Gasteiger partial charge in [0.2, 0.25) is 0 Å². The Kier molecular flexibility index (Phi) is 1.95. The summed E-state index contributed by atoms with van der Waals surface area (Å²) in [6.07, 6.45) is 5.96. The third-order valence-electron chi connectivity index (χ3n) is 3.27. The zero-order chi connectivity index (χ0) is 8.18. The Morgan fingerprint density at radius 3 is 3.00 bits per heavy atom. The molecular weight excluding hydrogens is 380 g/mol. The SMILES string of the molecule is I[I-]NC1CC2NNC23C=CC13. The third-order valence-corrected chi connectivity index (χ3v) is 5.89. The second kappa shape index (κ2) is 2.78. The van der Waals surface area contributed by atoms with Crippen LogP contribution in [0.2, 0.25) is 0 Å². The zero-order valence-electron chi connectivity index (χ0n) is 6.35. The van der Waals surface area contributed by atoms with Crippen LogP contribution in [0.4, 0.5) is 0 Å². The molecule has 1 saturated carbocycles. The van der Waals surface area contributed by atoms with Gasteiger partial charge in [0.1, 0.15) is 0 Å². The molecule has 1 heterocycles. The molecule has 0 amide bonds. The molecule has 68 valence electrons. The van der Waals surface area contributed by atoms with Crippen LogP contribution < -0.4 is 31.9 Å². The summed E-state index contributed by atoms with van der Waals surface area (Å²) >= 11 is 2.68. The van der Waals surface area contributed by atoms with Crippen molar-refractivity contribution in [3.05, 3.63) is 12.2 Å². The Labute approximate surface area is 91.9 Å². The fraction of sp³-hybridized carbons (Fsp3) is 0.714. The van der Waals surface area contributed by atoms with Gasteiger partial charge < -0.3 is 0 Å². The molecule has 3 N–H and O–H groups in total. The van der Waals surface area contributed by atoms with Crippen molar-refractivity contribution in [2.75, 3.05) is 0 Å². The summed E-state index contributed by atoms with van der Waals surface area (Å²) in [7, 11) is 0. The molecule has 3 aliphatic rings. The van der Waals surface area contributed by atoms with Gasteiger partial charge in [0.25, 0.3) is 0 Å². The molecule has 3 nitrogen and oxygen atoms in total. The summed E-state index contributed by atoms with van der Waals surface area (Å²) in [6, 6.07) is 1.42. The second-order valence-corrected chi connectivity index (χ2v) is 7.43. The van der Waals surface area contributed by atoms with Crippen molar-refractivity contribution in [1.82, 2.24) is 14.4 Å². The summed E-state index contributed by atoms with van der Waals surface area (Å²) < 4.78 is 3.64. The molecule has 0 aromatic rings. The predicted octanol–water partition coefficient (Wildman–Crippen LogP) is -2.90. The van der Waals surface area contributed by atoms with E-state index < -0.39 is 0 Å². The van der Waals surface area contributed by atoms with E-state index in [1.807, 2.05) is 0 Å². The number of rotatable bonds is 2. The molecule has 0 aromatic carbocycles. The van der Waals surface area contributed by atoms with Gasteiger partial charge in [0, 0.05) is 0 Å². The van der Waals surface area contributed by atoms with E-state index in [4.69, 9.17) is 0 Å². The quantitative estimate of drug-likeness (QED) is 0.269. The molecular formula is C7H10I2N3-. The standard InChI is InChI=1S/C7H10I2N3/c8-9-10-5-3-6-7(12-11-6)2-1-4(5)7/h1-2,4-6,10-12H,3H2/q-1. The van der Waals surface area contributed by atoms with Gasteiger partial charge in [-0.2, -0.15) is 0 Å². The van der Waals surface area contributed by atoms with Crippen LogP contribution in [0.25, 0.3) is 0 Å². The Balaban J connectivity index is 1.81. The molecule has 1 spiro atoms. The minimum atomic E-state index is 0.198. The van der Waals surface area contributed by atoms with E-state index in [1.54, 1.807) is 0 Å². The van der Waals surface area contributed by atoms with Crippen LogP contribution >= 0.6 is 18.6 Å².